The average molecular weight is 326 g/mol. The fraction of sp³-hybridized carbons (Fsp3) is 0.882. The summed E-state index contributed by atoms with van der Waals surface area (Å²) in [6.07, 6.45) is 2.75. The van der Waals surface area contributed by atoms with E-state index < -0.39 is 24.0 Å². The van der Waals surface area contributed by atoms with E-state index in [0.29, 0.717) is 11.8 Å². The van der Waals surface area contributed by atoms with Gasteiger partial charge in [-0.1, -0.05) is 13.5 Å². The SMILES string of the molecule is C=C1[C@@H](OCCO)O[C@@H]2O[C@@]3(C)CC[C@H]4[C@H](C)CC[C@@H]1[C@@]24OO3. The Morgan fingerprint density at radius 2 is 2.13 bits per heavy atom. The van der Waals surface area contributed by atoms with Gasteiger partial charge in [-0.2, -0.15) is 0 Å². The lowest BCUT2D eigenvalue weighted by molar-refractivity contribution is -0.567. The van der Waals surface area contributed by atoms with Gasteiger partial charge in [0.15, 0.2) is 18.2 Å². The number of hydrogen-bond acceptors (Lipinski definition) is 6. The maximum absolute atomic E-state index is 9.03. The zero-order valence-electron chi connectivity index (χ0n) is 13.8. The molecule has 5 fully saturated rings. The van der Waals surface area contributed by atoms with Gasteiger partial charge in [-0.05, 0) is 43.6 Å². The highest BCUT2D eigenvalue weighted by molar-refractivity contribution is 5.21. The number of aliphatic hydroxyl groups excluding tert-OH is 1. The monoisotopic (exact) mass is 326 g/mol. The standard InChI is InChI=1S/C17H26O6/c1-10-4-5-13-11(2)14(19-9-8-18)20-15-17(13)12(10)6-7-16(3,21-15)22-23-17/h10,12-15,18H,2,4-9H2,1,3H3/t10-,12+,13+,14+,15-,16-,17-/m1/s1. The predicted molar refractivity (Wildman–Crippen MR) is 79.8 cm³/mol. The molecule has 6 nitrogen and oxygen atoms in total. The lowest BCUT2D eigenvalue weighted by atomic mass is 9.59. The second kappa shape index (κ2) is 5.51. The molecule has 1 aliphatic carbocycles. The zero-order valence-corrected chi connectivity index (χ0v) is 13.8. The normalized spacial score (nSPS) is 52.1. The summed E-state index contributed by atoms with van der Waals surface area (Å²) in [5.41, 5.74) is 0.230. The Labute approximate surface area is 136 Å². The van der Waals surface area contributed by atoms with E-state index in [1.807, 2.05) is 6.92 Å². The Morgan fingerprint density at radius 1 is 1.30 bits per heavy atom. The van der Waals surface area contributed by atoms with Gasteiger partial charge in [-0.3, -0.25) is 0 Å². The Bertz CT molecular complexity index is 495. The second-order valence-corrected chi connectivity index (χ2v) is 7.49. The van der Waals surface area contributed by atoms with Crippen molar-refractivity contribution in [1.29, 1.82) is 0 Å². The van der Waals surface area contributed by atoms with Crippen LogP contribution in [0.1, 0.15) is 39.5 Å². The summed E-state index contributed by atoms with van der Waals surface area (Å²) < 4.78 is 17.9. The molecule has 5 aliphatic rings. The molecule has 1 N–H and O–H groups in total. The molecule has 7 atom stereocenters. The van der Waals surface area contributed by atoms with E-state index in [4.69, 9.17) is 29.1 Å². The van der Waals surface area contributed by atoms with Crippen LogP contribution in [0.15, 0.2) is 12.2 Å². The van der Waals surface area contributed by atoms with Crippen LogP contribution in [-0.4, -0.2) is 42.3 Å². The van der Waals surface area contributed by atoms with Crippen molar-refractivity contribution in [1.82, 2.24) is 0 Å². The van der Waals surface area contributed by atoms with Crippen LogP contribution in [-0.2, 0) is 24.0 Å². The molecule has 1 spiro atoms. The van der Waals surface area contributed by atoms with Crippen LogP contribution in [0.25, 0.3) is 0 Å². The van der Waals surface area contributed by atoms with Crippen LogP contribution in [0.3, 0.4) is 0 Å². The van der Waals surface area contributed by atoms with Crippen molar-refractivity contribution in [3.63, 3.8) is 0 Å². The molecular formula is C17H26O6. The lowest BCUT2D eigenvalue weighted by Crippen LogP contribution is -2.69. The molecule has 2 bridgehead atoms. The first-order chi connectivity index (χ1) is 11.0. The van der Waals surface area contributed by atoms with Gasteiger partial charge in [0.05, 0.1) is 13.2 Å². The Kier molecular flexibility index (Phi) is 3.83. The largest absolute Gasteiger partial charge is 0.394 e. The van der Waals surface area contributed by atoms with Gasteiger partial charge in [0.2, 0.25) is 5.79 Å². The quantitative estimate of drug-likeness (QED) is 0.633. The van der Waals surface area contributed by atoms with Gasteiger partial charge in [0.25, 0.3) is 0 Å². The van der Waals surface area contributed by atoms with Gasteiger partial charge in [-0.25, -0.2) is 9.78 Å². The molecule has 23 heavy (non-hydrogen) atoms. The number of fused-ring (bicyclic) bond motifs is 2. The molecular weight excluding hydrogens is 300 g/mol. The van der Waals surface area contributed by atoms with Crippen molar-refractivity contribution in [2.24, 2.45) is 17.8 Å². The predicted octanol–water partition coefficient (Wildman–Crippen LogP) is 2.12. The molecule has 0 aromatic rings. The van der Waals surface area contributed by atoms with Crippen LogP contribution in [0.5, 0.6) is 0 Å². The molecule has 6 heteroatoms. The van der Waals surface area contributed by atoms with Gasteiger partial charge >= 0.3 is 0 Å². The third-order valence-corrected chi connectivity index (χ3v) is 6.08. The third kappa shape index (κ3) is 2.23. The summed E-state index contributed by atoms with van der Waals surface area (Å²) >= 11 is 0. The summed E-state index contributed by atoms with van der Waals surface area (Å²) in [5, 5.41) is 9.03. The van der Waals surface area contributed by atoms with E-state index in [0.717, 1.165) is 31.3 Å². The van der Waals surface area contributed by atoms with Crippen LogP contribution in [0.4, 0.5) is 0 Å². The Balaban J connectivity index is 1.72. The molecule has 0 radical (unpaired) electrons. The van der Waals surface area contributed by atoms with Crippen molar-refractivity contribution in [3.05, 3.63) is 12.2 Å². The van der Waals surface area contributed by atoms with E-state index >= 15 is 0 Å². The maximum atomic E-state index is 9.03. The van der Waals surface area contributed by atoms with Crippen molar-refractivity contribution in [2.45, 2.75) is 63.5 Å². The zero-order chi connectivity index (χ0) is 16.2. The van der Waals surface area contributed by atoms with Crippen molar-refractivity contribution >= 4 is 0 Å². The number of aliphatic hydroxyl groups is 1. The van der Waals surface area contributed by atoms with Crippen LogP contribution in [0, 0.1) is 17.8 Å². The lowest BCUT2D eigenvalue weighted by Gasteiger charge is -2.58. The van der Waals surface area contributed by atoms with Gasteiger partial charge in [0, 0.05) is 12.3 Å². The summed E-state index contributed by atoms with van der Waals surface area (Å²) in [5.74, 6) is 0.130. The highest BCUT2D eigenvalue weighted by Gasteiger charge is 2.68. The molecule has 0 amide bonds. The van der Waals surface area contributed by atoms with Crippen LogP contribution >= 0.6 is 0 Å². The van der Waals surface area contributed by atoms with Crippen molar-refractivity contribution in [2.75, 3.05) is 13.2 Å². The van der Waals surface area contributed by atoms with E-state index in [-0.39, 0.29) is 19.1 Å². The second-order valence-electron chi connectivity index (χ2n) is 7.49. The first kappa shape index (κ1) is 16.0. The van der Waals surface area contributed by atoms with E-state index in [2.05, 4.69) is 13.5 Å². The van der Waals surface area contributed by atoms with Crippen molar-refractivity contribution in [3.8, 4) is 0 Å². The molecule has 130 valence electrons. The molecule has 4 aliphatic heterocycles. The first-order valence-electron chi connectivity index (χ1n) is 8.61. The highest BCUT2D eigenvalue weighted by Crippen LogP contribution is 2.60. The minimum absolute atomic E-state index is 0.0501. The van der Waals surface area contributed by atoms with Gasteiger partial charge in [-0.15, -0.1) is 0 Å². The first-order valence-corrected chi connectivity index (χ1v) is 8.61. The molecule has 4 heterocycles. The highest BCUT2D eigenvalue weighted by atomic mass is 17.3. The fourth-order valence-corrected chi connectivity index (χ4v) is 4.86. The Hall–Kier alpha value is -0.500. The minimum atomic E-state index is -0.780. The topological polar surface area (TPSA) is 66.4 Å². The summed E-state index contributed by atoms with van der Waals surface area (Å²) in [6.45, 7) is 8.55. The number of rotatable bonds is 3. The molecule has 0 unspecified atom stereocenters. The fourth-order valence-electron chi connectivity index (χ4n) is 4.86. The molecule has 0 aromatic heterocycles. The minimum Gasteiger partial charge on any atom is -0.394 e. The van der Waals surface area contributed by atoms with E-state index in [9.17, 15) is 0 Å². The maximum Gasteiger partial charge on any atom is 0.201 e. The van der Waals surface area contributed by atoms with Gasteiger partial charge < -0.3 is 19.3 Å². The van der Waals surface area contributed by atoms with Crippen molar-refractivity contribution < 1.29 is 29.1 Å². The summed E-state index contributed by atoms with van der Waals surface area (Å²) in [4.78, 5) is 11.7. The molecule has 0 aromatic carbocycles. The van der Waals surface area contributed by atoms with E-state index in [1.165, 1.54) is 0 Å². The van der Waals surface area contributed by atoms with Gasteiger partial charge in [0.1, 0.15) is 0 Å². The Morgan fingerprint density at radius 3 is 2.91 bits per heavy atom. The van der Waals surface area contributed by atoms with Crippen LogP contribution in [0.2, 0.25) is 0 Å². The molecule has 5 rings (SSSR count). The number of hydrogen-bond donors (Lipinski definition) is 1. The summed E-state index contributed by atoms with van der Waals surface area (Å²) in [6, 6.07) is 0. The average Bonchev–Trinajstić information content (AvgIpc) is 2.76. The molecule has 1 saturated carbocycles. The number of ether oxygens (including phenoxy) is 3. The van der Waals surface area contributed by atoms with Crippen LogP contribution < -0.4 is 0 Å². The summed E-state index contributed by atoms with van der Waals surface area (Å²) in [7, 11) is 0. The molecule has 4 saturated heterocycles. The smallest absolute Gasteiger partial charge is 0.201 e. The third-order valence-electron chi connectivity index (χ3n) is 6.08. The van der Waals surface area contributed by atoms with E-state index in [1.54, 1.807) is 0 Å².